The molecule has 196 valence electrons. The number of carbonyl (C=O) groups is 3. The number of benzene rings is 2. The number of likely N-dealkylation sites (tertiary alicyclic amines) is 1. The van der Waals surface area contributed by atoms with Gasteiger partial charge in [-0.25, -0.2) is 4.79 Å². The summed E-state index contributed by atoms with van der Waals surface area (Å²) in [7, 11) is 0. The van der Waals surface area contributed by atoms with Crippen LogP contribution in [0.3, 0.4) is 0 Å². The van der Waals surface area contributed by atoms with Gasteiger partial charge in [0.15, 0.2) is 0 Å². The smallest absolute Gasteiger partial charge is 0.321 e. The van der Waals surface area contributed by atoms with Gasteiger partial charge < -0.3 is 15.5 Å². The van der Waals surface area contributed by atoms with Crippen molar-refractivity contribution in [3.63, 3.8) is 0 Å². The van der Waals surface area contributed by atoms with Crippen LogP contribution in [-0.2, 0) is 9.59 Å². The molecule has 0 radical (unpaired) electrons. The fraction of sp³-hybridized carbons (Fsp3) is 0.448. The Kier molecular flexibility index (Phi) is 8.58. The molecule has 8 nitrogen and oxygen atoms in total. The topological polar surface area (TPSA) is 94.1 Å². The molecule has 0 saturated carbocycles. The summed E-state index contributed by atoms with van der Waals surface area (Å²) in [6, 6.07) is 12.7. The van der Waals surface area contributed by atoms with Crippen molar-refractivity contribution in [3.05, 3.63) is 59.2 Å². The van der Waals surface area contributed by atoms with Crippen LogP contribution in [-0.4, -0.2) is 54.3 Å². The Bertz CT molecular complexity index is 1180. The fourth-order valence-corrected chi connectivity index (χ4v) is 5.07. The Balaban J connectivity index is 1.62. The van der Waals surface area contributed by atoms with Gasteiger partial charge >= 0.3 is 6.03 Å². The number of nitrogens with one attached hydrogen (secondary N) is 2. The predicted molar refractivity (Wildman–Crippen MR) is 147 cm³/mol. The molecule has 0 spiro atoms. The van der Waals surface area contributed by atoms with Gasteiger partial charge in [-0.15, -0.1) is 0 Å². The van der Waals surface area contributed by atoms with Gasteiger partial charge in [-0.05, 0) is 56.4 Å². The molecule has 1 saturated heterocycles. The average Bonchev–Trinajstić information content (AvgIpc) is 2.94. The van der Waals surface area contributed by atoms with Crippen LogP contribution in [0.25, 0.3) is 0 Å². The molecule has 2 aliphatic rings. The second-order valence-electron chi connectivity index (χ2n) is 9.84. The standard InChI is InChI=1S/C29H37N5O3/c1-4-24-23-15-11-13-21(3)26(23)34(19-25(35)33-16-8-6-5-7-9-17-33)28(36)27(31-24)32-29(37)30-22-14-10-12-20(2)18-22/h10-15,18,27H,4-9,16-17,19H2,1-3H3,(H2,30,32,37). The van der Waals surface area contributed by atoms with E-state index in [4.69, 9.17) is 0 Å². The number of para-hydroxylation sites is 1. The van der Waals surface area contributed by atoms with Gasteiger partial charge in [0.05, 0.1) is 5.69 Å². The predicted octanol–water partition coefficient (Wildman–Crippen LogP) is 4.79. The minimum absolute atomic E-state index is 0.0765. The quantitative estimate of drug-likeness (QED) is 0.614. The van der Waals surface area contributed by atoms with Crippen molar-refractivity contribution >= 4 is 34.9 Å². The molecular formula is C29H37N5O3. The van der Waals surface area contributed by atoms with E-state index in [1.165, 1.54) is 11.3 Å². The van der Waals surface area contributed by atoms with E-state index in [9.17, 15) is 14.4 Å². The maximum absolute atomic E-state index is 13.9. The van der Waals surface area contributed by atoms with Gasteiger partial charge in [-0.3, -0.25) is 19.5 Å². The molecule has 2 aromatic rings. The zero-order valence-corrected chi connectivity index (χ0v) is 22.0. The Labute approximate surface area is 219 Å². The molecule has 2 N–H and O–H groups in total. The molecule has 1 atom stereocenters. The second kappa shape index (κ2) is 12.0. The number of amides is 4. The van der Waals surface area contributed by atoms with Crippen molar-refractivity contribution in [1.82, 2.24) is 10.2 Å². The number of rotatable bonds is 5. The third-order valence-corrected chi connectivity index (χ3v) is 6.98. The van der Waals surface area contributed by atoms with Crippen LogP contribution in [0.5, 0.6) is 0 Å². The normalized spacial score (nSPS) is 18.2. The second-order valence-corrected chi connectivity index (χ2v) is 9.84. The van der Waals surface area contributed by atoms with E-state index in [1.54, 1.807) is 6.07 Å². The summed E-state index contributed by atoms with van der Waals surface area (Å²) in [5.74, 6) is -0.494. The molecule has 2 aliphatic heterocycles. The molecule has 0 aliphatic carbocycles. The van der Waals surface area contributed by atoms with Crippen LogP contribution in [0.15, 0.2) is 47.5 Å². The van der Waals surface area contributed by atoms with Gasteiger partial charge in [-0.2, -0.15) is 0 Å². The molecular weight excluding hydrogens is 466 g/mol. The summed E-state index contributed by atoms with van der Waals surface area (Å²) in [4.78, 5) is 48.3. The molecule has 0 aromatic heterocycles. The molecule has 2 heterocycles. The lowest BCUT2D eigenvalue weighted by Crippen LogP contribution is -2.52. The van der Waals surface area contributed by atoms with Crippen LogP contribution in [0.1, 0.15) is 62.1 Å². The monoisotopic (exact) mass is 503 g/mol. The maximum Gasteiger partial charge on any atom is 0.321 e. The van der Waals surface area contributed by atoms with Crippen LogP contribution in [0.4, 0.5) is 16.2 Å². The Morgan fingerprint density at radius 2 is 1.70 bits per heavy atom. The summed E-state index contributed by atoms with van der Waals surface area (Å²) in [5.41, 5.74) is 4.75. The van der Waals surface area contributed by atoms with Gasteiger partial charge in [0.25, 0.3) is 5.91 Å². The lowest BCUT2D eigenvalue weighted by Gasteiger charge is -2.30. The highest BCUT2D eigenvalue weighted by Gasteiger charge is 2.35. The van der Waals surface area contributed by atoms with Crippen LogP contribution in [0.2, 0.25) is 0 Å². The number of nitrogens with zero attached hydrogens (tertiary/aromatic N) is 3. The van der Waals surface area contributed by atoms with E-state index in [0.717, 1.165) is 42.4 Å². The number of aliphatic imine (C=N–C) groups is 1. The zero-order chi connectivity index (χ0) is 26.4. The lowest BCUT2D eigenvalue weighted by atomic mass is 10.0. The first-order valence-corrected chi connectivity index (χ1v) is 13.3. The maximum atomic E-state index is 13.9. The molecule has 37 heavy (non-hydrogen) atoms. The van der Waals surface area contributed by atoms with Crippen molar-refractivity contribution in [1.29, 1.82) is 0 Å². The van der Waals surface area contributed by atoms with Gasteiger partial charge in [0.2, 0.25) is 12.1 Å². The molecule has 1 unspecified atom stereocenters. The summed E-state index contributed by atoms with van der Waals surface area (Å²) in [6.45, 7) is 7.18. The molecule has 4 rings (SSSR count). The van der Waals surface area contributed by atoms with Crippen molar-refractivity contribution in [3.8, 4) is 0 Å². The molecule has 4 amide bonds. The van der Waals surface area contributed by atoms with E-state index in [-0.39, 0.29) is 12.5 Å². The van der Waals surface area contributed by atoms with Gasteiger partial charge in [0.1, 0.15) is 6.54 Å². The SMILES string of the molecule is CCC1=NC(NC(=O)Nc2cccc(C)c2)C(=O)N(CC(=O)N2CCCCCCC2)c2c(C)cccc21. The van der Waals surface area contributed by atoms with Gasteiger partial charge in [0, 0.05) is 30.1 Å². The van der Waals surface area contributed by atoms with Crippen molar-refractivity contribution < 1.29 is 14.4 Å². The highest BCUT2D eigenvalue weighted by Crippen LogP contribution is 2.30. The molecule has 1 fully saturated rings. The Hall–Kier alpha value is -3.68. The largest absolute Gasteiger partial charge is 0.341 e. The number of carbonyl (C=O) groups excluding carboxylic acids is 3. The minimum Gasteiger partial charge on any atom is -0.341 e. The number of aryl methyl sites for hydroxylation is 2. The third kappa shape index (κ3) is 6.37. The number of urea groups is 1. The zero-order valence-electron chi connectivity index (χ0n) is 22.0. The molecule has 8 heteroatoms. The summed E-state index contributed by atoms with van der Waals surface area (Å²) in [6.07, 6.45) is 4.81. The Morgan fingerprint density at radius 1 is 1.00 bits per heavy atom. The van der Waals surface area contributed by atoms with Crippen molar-refractivity contribution in [2.24, 2.45) is 4.99 Å². The summed E-state index contributed by atoms with van der Waals surface area (Å²) >= 11 is 0. The lowest BCUT2D eigenvalue weighted by molar-refractivity contribution is -0.132. The number of benzodiazepines with no additional fused rings is 1. The average molecular weight is 504 g/mol. The minimum atomic E-state index is -1.15. The van der Waals surface area contributed by atoms with E-state index in [0.29, 0.717) is 36.6 Å². The first-order valence-electron chi connectivity index (χ1n) is 13.3. The molecule has 2 aromatic carbocycles. The van der Waals surface area contributed by atoms with Crippen LogP contribution in [0, 0.1) is 13.8 Å². The van der Waals surface area contributed by atoms with Crippen LogP contribution < -0.4 is 15.5 Å². The highest BCUT2D eigenvalue weighted by atomic mass is 16.2. The number of hydrogen-bond donors (Lipinski definition) is 2. The fourth-order valence-electron chi connectivity index (χ4n) is 5.07. The third-order valence-electron chi connectivity index (χ3n) is 6.98. The first kappa shape index (κ1) is 26.4. The van der Waals surface area contributed by atoms with Gasteiger partial charge in [-0.1, -0.05) is 56.5 Å². The first-order chi connectivity index (χ1) is 17.9. The van der Waals surface area contributed by atoms with Crippen LogP contribution >= 0.6 is 0 Å². The highest BCUT2D eigenvalue weighted by molar-refractivity contribution is 6.15. The molecule has 0 bridgehead atoms. The number of fused-ring (bicyclic) bond motifs is 1. The van der Waals surface area contributed by atoms with E-state index in [2.05, 4.69) is 15.6 Å². The van der Waals surface area contributed by atoms with E-state index in [1.807, 2.05) is 62.1 Å². The Morgan fingerprint density at radius 3 is 2.41 bits per heavy atom. The van der Waals surface area contributed by atoms with Crippen molar-refractivity contribution in [2.75, 3.05) is 29.9 Å². The van der Waals surface area contributed by atoms with Crippen molar-refractivity contribution in [2.45, 2.75) is 65.5 Å². The summed E-state index contributed by atoms with van der Waals surface area (Å²) in [5, 5.41) is 5.53. The van der Waals surface area contributed by atoms with E-state index >= 15 is 0 Å². The summed E-state index contributed by atoms with van der Waals surface area (Å²) < 4.78 is 0. The number of hydrogen-bond acceptors (Lipinski definition) is 4. The number of anilines is 2. The van der Waals surface area contributed by atoms with E-state index < -0.39 is 18.1 Å².